The van der Waals surface area contributed by atoms with E-state index in [4.69, 9.17) is 17.3 Å². The van der Waals surface area contributed by atoms with Gasteiger partial charge >= 0.3 is 0 Å². The van der Waals surface area contributed by atoms with Crippen molar-refractivity contribution in [3.8, 4) is 0 Å². The molecule has 1 aromatic heterocycles. The molecule has 5 heteroatoms. The van der Waals surface area contributed by atoms with E-state index in [2.05, 4.69) is 10.3 Å². The maximum Gasteiger partial charge on any atom is 0.188 e. The van der Waals surface area contributed by atoms with Crippen molar-refractivity contribution in [2.75, 3.05) is 7.05 Å². The first kappa shape index (κ1) is 10.3. The molecule has 3 N–H and O–H groups in total. The van der Waals surface area contributed by atoms with Crippen molar-refractivity contribution in [1.82, 2.24) is 5.32 Å². The molecule has 0 bridgehead atoms. The molecule has 3 nitrogen and oxygen atoms in total. The molecular weight excluding hydrogens is 206 g/mol. The fourth-order valence-electron chi connectivity index (χ4n) is 0.919. The van der Waals surface area contributed by atoms with Crippen LogP contribution in [0.1, 0.15) is 17.8 Å². The Morgan fingerprint density at radius 2 is 2.38 bits per heavy atom. The van der Waals surface area contributed by atoms with Crippen molar-refractivity contribution in [3.63, 3.8) is 0 Å². The lowest BCUT2D eigenvalue weighted by Crippen LogP contribution is -2.33. The second kappa shape index (κ2) is 4.48. The highest BCUT2D eigenvalue weighted by molar-refractivity contribution is 7.16. The second-order valence-corrected chi connectivity index (χ2v) is 4.36. The summed E-state index contributed by atoms with van der Waals surface area (Å²) in [5.74, 6) is 0.442. The highest BCUT2D eigenvalue weighted by Crippen LogP contribution is 2.26. The molecular formula is C8H12ClN3S. The minimum Gasteiger partial charge on any atom is -0.370 e. The highest BCUT2D eigenvalue weighted by Gasteiger charge is 2.07. The SMILES string of the molecule is CN=C(N)NC(C)c1ccc(Cl)s1. The molecule has 1 unspecified atom stereocenters. The van der Waals surface area contributed by atoms with Gasteiger partial charge < -0.3 is 11.1 Å². The van der Waals surface area contributed by atoms with E-state index < -0.39 is 0 Å². The van der Waals surface area contributed by atoms with Crippen LogP contribution >= 0.6 is 22.9 Å². The van der Waals surface area contributed by atoms with Gasteiger partial charge in [-0.05, 0) is 19.1 Å². The van der Waals surface area contributed by atoms with E-state index in [0.717, 1.165) is 9.21 Å². The Morgan fingerprint density at radius 3 is 2.85 bits per heavy atom. The molecule has 0 aliphatic rings. The second-order valence-electron chi connectivity index (χ2n) is 2.62. The predicted octanol–water partition coefficient (Wildman–Crippen LogP) is 2.00. The first-order valence-corrected chi connectivity index (χ1v) is 5.07. The van der Waals surface area contributed by atoms with Crippen LogP contribution in [0.5, 0.6) is 0 Å². The molecule has 0 saturated heterocycles. The zero-order valence-corrected chi connectivity index (χ0v) is 9.12. The zero-order valence-electron chi connectivity index (χ0n) is 7.54. The molecule has 0 aliphatic carbocycles. The number of nitrogens with two attached hydrogens (primary N) is 1. The van der Waals surface area contributed by atoms with Crippen molar-refractivity contribution in [3.05, 3.63) is 21.3 Å². The van der Waals surface area contributed by atoms with Gasteiger partial charge in [-0.1, -0.05) is 11.6 Å². The van der Waals surface area contributed by atoms with Crippen LogP contribution in [-0.2, 0) is 0 Å². The number of thiophene rings is 1. The molecule has 0 aliphatic heterocycles. The molecule has 0 saturated carbocycles. The number of nitrogens with zero attached hydrogens (tertiary/aromatic N) is 1. The summed E-state index contributed by atoms with van der Waals surface area (Å²) >= 11 is 7.34. The Balaban J connectivity index is 2.63. The summed E-state index contributed by atoms with van der Waals surface area (Å²) in [6, 6.07) is 4.01. The normalized spacial score (nSPS) is 14.2. The molecule has 72 valence electrons. The monoisotopic (exact) mass is 217 g/mol. The average molecular weight is 218 g/mol. The van der Waals surface area contributed by atoms with E-state index >= 15 is 0 Å². The van der Waals surface area contributed by atoms with Crippen LogP contribution < -0.4 is 11.1 Å². The van der Waals surface area contributed by atoms with E-state index in [1.165, 1.54) is 0 Å². The lowest BCUT2D eigenvalue weighted by atomic mass is 10.3. The maximum absolute atomic E-state index is 5.80. The zero-order chi connectivity index (χ0) is 9.84. The van der Waals surface area contributed by atoms with Gasteiger partial charge in [0.15, 0.2) is 5.96 Å². The molecule has 1 atom stereocenters. The first-order valence-electron chi connectivity index (χ1n) is 3.87. The van der Waals surface area contributed by atoms with Crippen molar-refractivity contribution < 1.29 is 0 Å². The topological polar surface area (TPSA) is 50.4 Å². The third kappa shape index (κ3) is 2.90. The van der Waals surface area contributed by atoms with Crippen LogP contribution in [0.4, 0.5) is 0 Å². The van der Waals surface area contributed by atoms with Gasteiger partial charge in [0.05, 0.1) is 10.4 Å². The van der Waals surface area contributed by atoms with Crippen LogP contribution in [0.2, 0.25) is 4.34 Å². The summed E-state index contributed by atoms with van der Waals surface area (Å²) < 4.78 is 0.788. The molecule has 0 amide bonds. The average Bonchev–Trinajstić information content (AvgIpc) is 2.51. The molecule has 0 radical (unpaired) electrons. The smallest absolute Gasteiger partial charge is 0.188 e. The van der Waals surface area contributed by atoms with E-state index in [9.17, 15) is 0 Å². The predicted molar refractivity (Wildman–Crippen MR) is 58.4 cm³/mol. The maximum atomic E-state index is 5.80. The number of rotatable bonds is 2. The number of nitrogens with one attached hydrogen (secondary N) is 1. The van der Waals surface area contributed by atoms with Gasteiger partial charge in [-0.25, -0.2) is 0 Å². The molecule has 1 aromatic rings. The number of hydrogen-bond acceptors (Lipinski definition) is 2. The molecule has 1 rings (SSSR count). The Kier molecular flexibility index (Phi) is 3.57. The van der Waals surface area contributed by atoms with Crippen LogP contribution in [0, 0.1) is 0 Å². The molecule has 0 fully saturated rings. The van der Waals surface area contributed by atoms with Crippen LogP contribution in [0.3, 0.4) is 0 Å². The fraction of sp³-hybridized carbons (Fsp3) is 0.375. The third-order valence-corrected chi connectivity index (χ3v) is 3.04. The molecule has 13 heavy (non-hydrogen) atoms. The lowest BCUT2D eigenvalue weighted by Gasteiger charge is -2.11. The summed E-state index contributed by atoms with van der Waals surface area (Å²) in [6.45, 7) is 2.01. The van der Waals surface area contributed by atoms with Crippen molar-refractivity contribution in [2.45, 2.75) is 13.0 Å². The van der Waals surface area contributed by atoms with E-state index in [1.54, 1.807) is 18.4 Å². The van der Waals surface area contributed by atoms with Crippen molar-refractivity contribution in [2.24, 2.45) is 10.7 Å². The van der Waals surface area contributed by atoms with Gasteiger partial charge in [-0.3, -0.25) is 4.99 Å². The lowest BCUT2D eigenvalue weighted by molar-refractivity contribution is 0.725. The first-order chi connectivity index (χ1) is 6.13. The number of aliphatic imine (C=N–C) groups is 1. The largest absolute Gasteiger partial charge is 0.370 e. The Morgan fingerprint density at radius 1 is 1.69 bits per heavy atom. The van der Waals surface area contributed by atoms with Gasteiger partial charge in [0.1, 0.15) is 0 Å². The van der Waals surface area contributed by atoms with Gasteiger partial charge in [0.25, 0.3) is 0 Å². The Bertz CT molecular complexity index is 308. The van der Waals surface area contributed by atoms with Crippen molar-refractivity contribution in [1.29, 1.82) is 0 Å². The highest BCUT2D eigenvalue weighted by atomic mass is 35.5. The summed E-state index contributed by atoms with van der Waals surface area (Å²) in [6.07, 6.45) is 0. The molecule has 0 spiro atoms. The molecule has 1 heterocycles. The quantitative estimate of drug-likeness (QED) is 0.588. The minimum atomic E-state index is 0.154. The van der Waals surface area contributed by atoms with Gasteiger partial charge in [-0.15, -0.1) is 11.3 Å². The Labute approximate surface area is 86.6 Å². The standard InChI is InChI=1S/C8H12ClN3S/c1-5(12-8(10)11-2)6-3-4-7(9)13-6/h3-5H,1-2H3,(H3,10,11,12). The number of halogens is 1. The summed E-state index contributed by atoms with van der Waals surface area (Å²) in [5, 5.41) is 3.04. The van der Waals surface area contributed by atoms with Gasteiger partial charge in [0, 0.05) is 11.9 Å². The van der Waals surface area contributed by atoms with E-state index in [1.807, 2.05) is 19.1 Å². The van der Waals surface area contributed by atoms with E-state index in [0.29, 0.717) is 5.96 Å². The van der Waals surface area contributed by atoms with Crippen molar-refractivity contribution >= 4 is 28.9 Å². The van der Waals surface area contributed by atoms with E-state index in [-0.39, 0.29) is 6.04 Å². The number of guanidine groups is 1. The summed E-state index contributed by atoms with van der Waals surface area (Å²) in [5.41, 5.74) is 5.53. The summed E-state index contributed by atoms with van der Waals surface area (Å²) in [7, 11) is 1.65. The van der Waals surface area contributed by atoms with Gasteiger partial charge in [-0.2, -0.15) is 0 Å². The Hall–Kier alpha value is -0.740. The number of hydrogen-bond donors (Lipinski definition) is 2. The van der Waals surface area contributed by atoms with Crippen LogP contribution in [-0.4, -0.2) is 13.0 Å². The minimum absolute atomic E-state index is 0.154. The van der Waals surface area contributed by atoms with Crippen LogP contribution in [0.25, 0.3) is 0 Å². The third-order valence-electron chi connectivity index (χ3n) is 1.63. The fourth-order valence-corrected chi connectivity index (χ4v) is 1.98. The summed E-state index contributed by atoms with van der Waals surface area (Å²) in [4.78, 5) is 4.97. The molecule has 0 aromatic carbocycles. The van der Waals surface area contributed by atoms with Gasteiger partial charge in [0.2, 0.25) is 0 Å². The van der Waals surface area contributed by atoms with Crippen LogP contribution in [0.15, 0.2) is 17.1 Å².